The molecule has 2 aliphatic rings. The third-order valence-corrected chi connectivity index (χ3v) is 4.15. The zero-order valence-corrected chi connectivity index (χ0v) is 12.4. The zero-order chi connectivity index (χ0) is 16.3. The number of alkyl halides is 3. The summed E-state index contributed by atoms with van der Waals surface area (Å²) in [7, 11) is 0. The predicted molar refractivity (Wildman–Crippen MR) is 72.8 cm³/mol. The van der Waals surface area contributed by atoms with Crippen molar-refractivity contribution in [2.24, 2.45) is 5.92 Å². The monoisotopic (exact) mass is 322 g/mol. The Morgan fingerprint density at radius 1 is 1.18 bits per heavy atom. The van der Waals surface area contributed by atoms with E-state index >= 15 is 0 Å². The average Bonchev–Trinajstić information content (AvgIpc) is 2.43. The molecule has 1 atom stereocenters. The van der Waals surface area contributed by atoms with Crippen LogP contribution < -0.4 is 16.0 Å². The largest absolute Gasteiger partial charge is 0.406 e. The first-order valence-corrected chi connectivity index (χ1v) is 7.47. The molecule has 0 radical (unpaired) electrons. The Morgan fingerprint density at radius 2 is 1.73 bits per heavy atom. The molecule has 1 saturated carbocycles. The molecule has 1 heterocycles. The molecule has 1 saturated heterocycles. The lowest BCUT2D eigenvalue weighted by Crippen LogP contribution is -2.70. The molecule has 2 fully saturated rings. The van der Waals surface area contributed by atoms with Crippen molar-refractivity contribution in [3.05, 3.63) is 0 Å². The number of hydrogen-bond acceptors (Lipinski definition) is 3. The number of imide groups is 1. The van der Waals surface area contributed by atoms with E-state index in [1.165, 1.54) is 6.42 Å². The molecule has 2 rings (SSSR count). The van der Waals surface area contributed by atoms with Crippen molar-refractivity contribution in [3.63, 3.8) is 0 Å². The lowest BCUT2D eigenvalue weighted by Gasteiger charge is -2.37. The van der Waals surface area contributed by atoms with Crippen molar-refractivity contribution in [1.82, 2.24) is 20.9 Å². The van der Waals surface area contributed by atoms with E-state index in [9.17, 15) is 22.8 Å². The molecule has 0 unspecified atom stereocenters. The highest BCUT2D eigenvalue weighted by atomic mass is 19.4. The first-order valence-electron chi connectivity index (χ1n) is 7.47. The van der Waals surface area contributed by atoms with E-state index in [-0.39, 0.29) is 10.9 Å². The fraction of sp³-hybridized carbons (Fsp3) is 0.846. The van der Waals surface area contributed by atoms with Crippen LogP contribution in [0.25, 0.3) is 0 Å². The average molecular weight is 322 g/mol. The Labute approximate surface area is 126 Å². The van der Waals surface area contributed by atoms with Crippen molar-refractivity contribution in [2.45, 2.75) is 57.5 Å². The summed E-state index contributed by atoms with van der Waals surface area (Å²) in [6, 6.07) is -2.04. The topological polar surface area (TPSA) is 73.5 Å². The quantitative estimate of drug-likeness (QED) is 0.742. The van der Waals surface area contributed by atoms with Crippen LogP contribution in [0.1, 0.15) is 39.0 Å². The number of hydrogen-bond donors (Lipinski definition) is 3. The van der Waals surface area contributed by atoms with E-state index in [4.69, 9.17) is 0 Å². The molecule has 1 aliphatic heterocycles. The summed E-state index contributed by atoms with van der Waals surface area (Å²) in [5.41, 5.74) is 0. The number of nitrogens with zero attached hydrogens (tertiary/aromatic N) is 1. The standard InChI is InChI=1S/C13H21F3N4O2/c1-8(9-5-3-2-4-6-9)17-10-18-11(21)20(12(22)19-10)7-13(14,15)16/h8-10,17H,2-7H2,1H3,(H,18,21)(H,19,22)/t8-/m0/s1. The molecular formula is C13H21F3N4O2. The van der Waals surface area contributed by atoms with Gasteiger partial charge in [0.25, 0.3) is 0 Å². The van der Waals surface area contributed by atoms with E-state index in [0.717, 1.165) is 25.7 Å². The van der Waals surface area contributed by atoms with Crippen LogP contribution in [-0.2, 0) is 0 Å². The smallest absolute Gasteiger partial charge is 0.305 e. The Hall–Kier alpha value is -1.51. The van der Waals surface area contributed by atoms with Crippen molar-refractivity contribution in [2.75, 3.05) is 6.54 Å². The van der Waals surface area contributed by atoms with Gasteiger partial charge in [-0.05, 0) is 25.7 Å². The van der Waals surface area contributed by atoms with Gasteiger partial charge in [0.2, 0.25) is 0 Å². The summed E-state index contributed by atoms with van der Waals surface area (Å²) < 4.78 is 37.0. The maximum absolute atomic E-state index is 12.3. The molecule has 0 aromatic carbocycles. The van der Waals surface area contributed by atoms with Crippen molar-refractivity contribution in [1.29, 1.82) is 0 Å². The molecule has 0 aromatic heterocycles. The van der Waals surface area contributed by atoms with Crippen LogP contribution in [-0.4, -0.2) is 42.0 Å². The fourth-order valence-electron chi connectivity index (χ4n) is 2.97. The second-order valence-electron chi connectivity index (χ2n) is 5.89. The lowest BCUT2D eigenvalue weighted by atomic mass is 9.84. The van der Waals surface area contributed by atoms with Crippen LogP contribution in [0.5, 0.6) is 0 Å². The second-order valence-corrected chi connectivity index (χ2v) is 5.89. The molecule has 22 heavy (non-hydrogen) atoms. The van der Waals surface area contributed by atoms with Gasteiger partial charge in [-0.1, -0.05) is 19.3 Å². The van der Waals surface area contributed by atoms with E-state index in [1.54, 1.807) is 0 Å². The molecule has 0 spiro atoms. The zero-order valence-electron chi connectivity index (χ0n) is 12.4. The van der Waals surface area contributed by atoms with Gasteiger partial charge in [0.15, 0.2) is 6.29 Å². The minimum atomic E-state index is -4.62. The number of carbonyl (C=O) groups excluding carboxylic acids is 2. The maximum atomic E-state index is 12.3. The molecule has 0 bridgehead atoms. The first kappa shape index (κ1) is 16.9. The molecule has 1 aliphatic carbocycles. The van der Waals surface area contributed by atoms with E-state index in [1.807, 2.05) is 6.92 Å². The van der Waals surface area contributed by atoms with Gasteiger partial charge in [0, 0.05) is 6.04 Å². The molecule has 4 amide bonds. The summed E-state index contributed by atoms with van der Waals surface area (Å²) in [5.74, 6) is 0.441. The van der Waals surface area contributed by atoms with Gasteiger partial charge >= 0.3 is 18.2 Å². The highest BCUT2D eigenvalue weighted by Gasteiger charge is 2.40. The van der Waals surface area contributed by atoms with Gasteiger partial charge in [-0.3, -0.25) is 5.32 Å². The van der Waals surface area contributed by atoms with Crippen molar-refractivity contribution >= 4 is 12.1 Å². The second kappa shape index (κ2) is 6.72. The van der Waals surface area contributed by atoms with Gasteiger partial charge in [-0.2, -0.15) is 13.2 Å². The van der Waals surface area contributed by atoms with Crippen molar-refractivity contribution < 1.29 is 22.8 Å². The van der Waals surface area contributed by atoms with E-state index in [0.29, 0.717) is 5.92 Å². The first-order chi connectivity index (χ1) is 10.3. The number of carbonyl (C=O) groups is 2. The van der Waals surface area contributed by atoms with Gasteiger partial charge in [-0.25, -0.2) is 14.5 Å². The van der Waals surface area contributed by atoms with E-state index in [2.05, 4.69) is 16.0 Å². The number of halogens is 3. The van der Waals surface area contributed by atoms with Gasteiger partial charge in [0.1, 0.15) is 6.54 Å². The minimum absolute atomic E-state index is 0.0556. The van der Waals surface area contributed by atoms with Crippen LogP contribution >= 0.6 is 0 Å². The Kier molecular flexibility index (Phi) is 5.15. The van der Waals surface area contributed by atoms with Crippen LogP contribution in [0.3, 0.4) is 0 Å². The number of rotatable bonds is 4. The summed E-state index contributed by atoms with van der Waals surface area (Å²) in [4.78, 5) is 23.4. The Morgan fingerprint density at radius 3 is 2.23 bits per heavy atom. The Balaban J connectivity index is 1.88. The molecular weight excluding hydrogens is 301 g/mol. The highest BCUT2D eigenvalue weighted by Crippen LogP contribution is 2.26. The predicted octanol–water partition coefficient (Wildman–Crippen LogP) is 2.13. The van der Waals surface area contributed by atoms with Gasteiger partial charge < -0.3 is 10.6 Å². The maximum Gasteiger partial charge on any atom is 0.406 e. The Bertz CT molecular complexity index is 406. The number of amides is 4. The third-order valence-electron chi connectivity index (χ3n) is 4.15. The number of urea groups is 2. The summed E-state index contributed by atoms with van der Waals surface area (Å²) >= 11 is 0. The van der Waals surface area contributed by atoms with Gasteiger partial charge in [0.05, 0.1) is 0 Å². The SMILES string of the molecule is C[C@H](NC1NC(=O)N(CC(F)(F)F)C(=O)N1)C1CCCCC1. The molecule has 6 nitrogen and oxygen atoms in total. The normalized spacial score (nSPS) is 23.2. The van der Waals surface area contributed by atoms with E-state index < -0.39 is 31.1 Å². The number of nitrogens with one attached hydrogen (secondary N) is 3. The fourth-order valence-corrected chi connectivity index (χ4v) is 2.97. The molecule has 9 heteroatoms. The van der Waals surface area contributed by atoms with Crippen molar-refractivity contribution in [3.8, 4) is 0 Å². The molecule has 3 N–H and O–H groups in total. The third kappa shape index (κ3) is 4.49. The molecule has 0 aromatic rings. The van der Waals surface area contributed by atoms with Crippen LogP contribution in [0.2, 0.25) is 0 Å². The van der Waals surface area contributed by atoms with Crippen LogP contribution in [0.4, 0.5) is 22.8 Å². The van der Waals surface area contributed by atoms with Gasteiger partial charge in [-0.15, -0.1) is 0 Å². The summed E-state index contributed by atoms with van der Waals surface area (Å²) in [6.45, 7) is 0.353. The minimum Gasteiger partial charge on any atom is -0.305 e. The van der Waals surface area contributed by atoms with Crippen LogP contribution in [0.15, 0.2) is 0 Å². The van der Waals surface area contributed by atoms with Crippen LogP contribution in [0, 0.1) is 5.92 Å². The highest BCUT2D eigenvalue weighted by molar-refractivity contribution is 5.96. The molecule has 126 valence electrons. The summed E-state index contributed by atoms with van der Waals surface area (Å²) in [5, 5.41) is 7.73. The lowest BCUT2D eigenvalue weighted by molar-refractivity contribution is -0.136. The summed E-state index contributed by atoms with van der Waals surface area (Å²) in [6.07, 6.45) is 0.197.